The molecule has 0 aromatic carbocycles. The lowest BCUT2D eigenvalue weighted by molar-refractivity contribution is -0.232. The molecule has 5 rings (SSSR count). The lowest BCUT2D eigenvalue weighted by Crippen LogP contribution is -2.70. The van der Waals surface area contributed by atoms with Crippen LogP contribution in [0.1, 0.15) is 65.7 Å². The summed E-state index contributed by atoms with van der Waals surface area (Å²) in [5, 5.41) is 11.4. The van der Waals surface area contributed by atoms with Crippen LogP contribution in [-0.4, -0.2) is 52.4 Å². The van der Waals surface area contributed by atoms with Crippen molar-refractivity contribution < 1.29 is 28.2 Å². The summed E-state index contributed by atoms with van der Waals surface area (Å²) in [4.78, 5) is 11.4. The number of aliphatic hydroxyl groups excluding tert-OH is 1. The van der Waals surface area contributed by atoms with E-state index in [2.05, 4.69) is 13.8 Å². The highest BCUT2D eigenvalue weighted by molar-refractivity contribution is 7.99. The standard InChI is InChI=1S/C24H34F2O4S/c1-5-6-20-29-19-11-14-15-10-17(25)16-9-13(27)7-8-21(16,2)23(15,26)18(28)12-22(14,3)24(19,30-20)31-4/h9,14-15,17-20,28H,5-8,10-12H2,1-4H3/t14-,15-,17-,18-,19+,20-,21-,22-,23-,24-/m0/s1. The van der Waals surface area contributed by atoms with E-state index in [0.29, 0.717) is 6.42 Å². The van der Waals surface area contributed by atoms with Crippen LogP contribution >= 0.6 is 11.8 Å². The fourth-order valence-electron chi connectivity index (χ4n) is 8.04. The van der Waals surface area contributed by atoms with Crippen LogP contribution in [0.4, 0.5) is 8.78 Å². The molecule has 1 heterocycles. The third-order valence-electron chi connectivity index (χ3n) is 9.55. The zero-order chi connectivity index (χ0) is 22.4. The Labute approximate surface area is 187 Å². The van der Waals surface area contributed by atoms with Crippen molar-refractivity contribution >= 4 is 17.5 Å². The zero-order valence-electron chi connectivity index (χ0n) is 18.8. The molecular weight excluding hydrogens is 422 g/mol. The van der Waals surface area contributed by atoms with Crippen LogP contribution in [-0.2, 0) is 14.3 Å². The first-order valence-electron chi connectivity index (χ1n) is 11.7. The topological polar surface area (TPSA) is 55.8 Å². The molecule has 4 aliphatic carbocycles. The van der Waals surface area contributed by atoms with Crippen molar-refractivity contribution in [2.45, 2.75) is 101 Å². The lowest BCUT2D eigenvalue weighted by Gasteiger charge is -2.64. The van der Waals surface area contributed by atoms with Crippen LogP contribution in [0, 0.1) is 22.7 Å². The van der Waals surface area contributed by atoms with Gasteiger partial charge in [-0.05, 0) is 55.9 Å². The molecule has 10 atom stereocenters. The van der Waals surface area contributed by atoms with Crippen LogP contribution in [0.15, 0.2) is 11.6 Å². The summed E-state index contributed by atoms with van der Waals surface area (Å²) in [6, 6.07) is 0. The van der Waals surface area contributed by atoms with Gasteiger partial charge < -0.3 is 14.6 Å². The van der Waals surface area contributed by atoms with Gasteiger partial charge in [-0.3, -0.25) is 4.79 Å². The van der Waals surface area contributed by atoms with Gasteiger partial charge in [0.1, 0.15) is 16.8 Å². The van der Waals surface area contributed by atoms with Crippen LogP contribution in [0.2, 0.25) is 0 Å². The Morgan fingerprint density at radius 2 is 2.03 bits per heavy atom. The number of aliphatic hydroxyl groups is 1. The van der Waals surface area contributed by atoms with E-state index in [1.807, 2.05) is 6.26 Å². The highest BCUT2D eigenvalue weighted by Crippen LogP contribution is 2.74. The Balaban J connectivity index is 1.58. The lowest BCUT2D eigenvalue weighted by atomic mass is 9.44. The maximum absolute atomic E-state index is 17.2. The van der Waals surface area contributed by atoms with Crippen molar-refractivity contribution in [1.29, 1.82) is 0 Å². The molecule has 0 unspecified atom stereocenters. The minimum atomic E-state index is -1.96. The van der Waals surface area contributed by atoms with Crippen LogP contribution in [0.5, 0.6) is 0 Å². The number of hydrogen-bond acceptors (Lipinski definition) is 5. The summed E-state index contributed by atoms with van der Waals surface area (Å²) in [6.45, 7) is 5.89. The molecule has 31 heavy (non-hydrogen) atoms. The van der Waals surface area contributed by atoms with Gasteiger partial charge in [-0.25, -0.2) is 8.78 Å². The second-order valence-electron chi connectivity index (χ2n) is 10.8. The summed E-state index contributed by atoms with van der Waals surface area (Å²) >= 11 is 1.60. The van der Waals surface area contributed by atoms with Crippen molar-refractivity contribution in [3.05, 3.63) is 11.6 Å². The van der Waals surface area contributed by atoms with Crippen LogP contribution in [0.3, 0.4) is 0 Å². The molecule has 1 aliphatic heterocycles. The summed E-state index contributed by atoms with van der Waals surface area (Å²) < 4.78 is 45.5. The minimum absolute atomic E-state index is 0.00190. The second kappa shape index (κ2) is 7.00. The van der Waals surface area contributed by atoms with Gasteiger partial charge in [0.2, 0.25) is 0 Å². The summed E-state index contributed by atoms with van der Waals surface area (Å²) in [7, 11) is 0. The van der Waals surface area contributed by atoms with E-state index in [0.717, 1.165) is 12.8 Å². The average Bonchev–Trinajstić information content (AvgIpc) is 3.18. The number of thioether (sulfide) groups is 1. The smallest absolute Gasteiger partial charge is 0.160 e. The summed E-state index contributed by atoms with van der Waals surface area (Å²) in [5.41, 5.74) is -3.41. The Bertz CT molecular complexity index is 821. The molecule has 7 heteroatoms. The van der Waals surface area contributed by atoms with E-state index in [4.69, 9.17) is 9.47 Å². The molecule has 174 valence electrons. The number of rotatable bonds is 3. The highest BCUT2D eigenvalue weighted by atomic mass is 32.2. The molecule has 0 bridgehead atoms. The number of alkyl halides is 2. The molecule has 0 amide bonds. The molecule has 0 spiro atoms. The number of carbonyl (C=O) groups is 1. The summed E-state index contributed by atoms with van der Waals surface area (Å²) in [6.07, 6.45) is 3.26. The number of ketones is 1. The van der Waals surface area contributed by atoms with Crippen molar-refractivity contribution in [2.75, 3.05) is 6.26 Å². The quantitative estimate of drug-likeness (QED) is 0.665. The summed E-state index contributed by atoms with van der Waals surface area (Å²) in [5.74, 6) is -0.943. The fourth-order valence-corrected chi connectivity index (χ4v) is 9.35. The first-order valence-corrected chi connectivity index (χ1v) is 12.9. The molecule has 3 saturated carbocycles. The monoisotopic (exact) mass is 456 g/mol. The largest absolute Gasteiger partial charge is 0.390 e. The van der Waals surface area contributed by atoms with E-state index in [1.54, 1.807) is 18.7 Å². The number of halogens is 2. The third kappa shape index (κ3) is 2.55. The van der Waals surface area contributed by atoms with Gasteiger partial charge in [0.15, 0.2) is 12.1 Å². The van der Waals surface area contributed by atoms with E-state index < -0.39 is 39.6 Å². The van der Waals surface area contributed by atoms with Gasteiger partial charge in [0, 0.05) is 23.2 Å². The highest BCUT2D eigenvalue weighted by Gasteiger charge is 2.78. The number of carbonyl (C=O) groups excluding carboxylic acids is 1. The molecule has 1 N–H and O–H groups in total. The molecule has 4 fully saturated rings. The Kier molecular flexibility index (Phi) is 5.04. The van der Waals surface area contributed by atoms with Crippen molar-refractivity contribution in [2.24, 2.45) is 22.7 Å². The van der Waals surface area contributed by atoms with Gasteiger partial charge in [0.25, 0.3) is 0 Å². The van der Waals surface area contributed by atoms with Crippen molar-refractivity contribution in [3.63, 3.8) is 0 Å². The SMILES string of the molecule is CCC[C@H]1O[C@@H]2C[C@H]3[C@@H]4C[C@H](F)C5=CC(=O)CC[C@]5(C)[C@@]4(F)[C@@H](O)C[C@]3(C)[C@]2(SC)O1. The van der Waals surface area contributed by atoms with Gasteiger partial charge in [-0.1, -0.05) is 27.2 Å². The van der Waals surface area contributed by atoms with E-state index in [9.17, 15) is 9.90 Å². The maximum Gasteiger partial charge on any atom is 0.160 e. The van der Waals surface area contributed by atoms with Crippen LogP contribution < -0.4 is 0 Å². The van der Waals surface area contributed by atoms with Gasteiger partial charge in [-0.2, -0.15) is 0 Å². The normalized spacial score (nSPS) is 55.8. The molecular formula is C24H34F2O4S. The van der Waals surface area contributed by atoms with Crippen molar-refractivity contribution in [3.8, 4) is 0 Å². The van der Waals surface area contributed by atoms with E-state index in [-0.39, 0.29) is 55.4 Å². The third-order valence-corrected chi connectivity index (χ3v) is 11.0. The first-order chi connectivity index (χ1) is 14.6. The first kappa shape index (κ1) is 22.3. The second-order valence-corrected chi connectivity index (χ2v) is 11.8. The van der Waals surface area contributed by atoms with Crippen molar-refractivity contribution in [1.82, 2.24) is 0 Å². The van der Waals surface area contributed by atoms with Gasteiger partial charge in [-0.15, -0.1) is 11.8 Å². The number of hydrogen-bond donors (Lipinski definition) is 1. The molecule has 5 aliphatic rings. The van der Waals surface area contributed by atoms with Crippen LogP contribution in [0.25, 0.3) is 0 Å². The predicted octanol–water partition coefficient (Wildman–Crippen LogP) is 4.74. The zero-order valence-corrected chi connectivity index (χ0v) is 19.6. The molecule has 0 aromatic rings. The molecule has 0 aromatic heterocycles. The maximum atomic E-state index is 17.2. The average molecular weight is 457 g/mol. The van der Waals surface area contributed by atoms with Gasteiger partial charge in [0.05, 0.1) is 12.2 Å². The molecule has 0 radical (unpaired) electrons. The Morgan fingerprint density at radius 3 is 2.71 bits per heavy atom. The number of ether oxygens (including phenoxy) is 2. The number of fused-ring (bicyclic) bond motifs is 7. The number of allylic oxidation sites excluding steroid dienone is 1. The minimum Gasteiger partial charge on any atom is -0.390 e. The Morgan fingerprint density at radius 1 is 1.29 bits per heavy atom. The fraction of sp³-hybridized carbons (Fsp3) is 0.875. The Hall–Kier alpha value is -0.500. The van der Waals surface area contributed by atoms with E-state index >= 15 is 8.78 Å². The molecule has 1 saturated heterocycles. The molecule has 4 nitrogen and oxygen atoms in total. The predicted molar refractivity (Wildman–Crippen MR) is 115 cm³/mol. The van der Waals surface area contributed by atoms with E-state index in [1.165, 1.54) is 6.08 Å². The van der Waals surface area contributed by atoms with Gasteiger partial charge >= 0.3 is 0 Å².